The zero-order valence-corrected chi connectivity index (χ0v) is 11.1. The third-order valence-electron chi connectivity index (χ3n) is 2.90. The Hall–Kier alpha value is -0.980. The van der Waals surface area contributed by atoms with Crippen LogP contribution >= 0.6 is 0 Å². The van der Waals surface area contributed by atoms with Crippen molar-refractivity contribution in [3.8, 4) is 0 Å². The van der Waals surface area contributed by atoms with Crippen LogP contribution in [0.15, 0.2) is 23.1 Å². The van der Waals surface area contributed by atoms with Crippen LogP contribution in [0.1, 0.15) is 0 Å². The molecule has 0 amide bonds. The Balaban J connectivity index is 2.05. The molecule has 1 aliphatic rings. The van der Waals surface area contributed by atoms with Gasteiger partial charge in [-0.1, -0.05) is 0 Å². The first-order valence-electron chi connectivity index (χ1n) is 5.80. The van der Waals surface area contributed by atoms with Crippen LogP contribution in [0.2, 0.25) is 0 Å². The number of nitrogens with zero attached hydrogens (tertiary/aromatic N) is 1. The second-order valence-electron chi connectivity index (χ2n) is 4.45. The Bertz CT molecular complexity index is 456. The highest BCUT2D eigenvalue weighted by molar-refractivity contribution is 7.85. The van der Waals surface area contributed by atoms with Crippen molar-refractivity contribution >= 4 is 16.5 Å². The van der Waals surface area contributed by atoms with Crippen molar-refractivity contribution < 1.29 is 13.3 Å². The lowest BCUT2D eigenvalue weighted by Gasteiger charge is -2.29. The van der Waals surface area contributed by atoms with Gasteiger partial charge in [0.2, 0.25) is 0 Å². The minimum atomic E-state index is -1.33. The van der Waals surface area contributed by atoms with E-state index in [9.17, 15) is 8.60 Å². The molecule has 0 aromatic heterocycles. The van der Waals surface area contributed by atoms with E-state index in [1.165, 1.54) is 18.2 Å². The van der Waals surface area contributed by atoms with Gasteiger partial charge in [-0.05, 0) is 25.2 Å². The maximum absolute atomic E-state index is 13.1. The fourth-order valence-corrected chi connectivity index (χ4v) is 3.23. The third-order valence-corrected chi connectivity index (χ3v) is 4.42. The number of likely N-dealkylation sites (N-methyl/N-ethyl adjacent to an activating group) is 1. The van der Waals surface area contributed by atoms with E-state index >= 15 is 0 Å². The molecule has 1 fully saturated rings. The molecule has 0 radical (unpaired) electrons. The molecule has 1 saturated heterocycles. The van der Waals surface area contributed by atoms with E-state index in [2.05, 4.69) is 4.90 Å². The first kappa shape index (κ1) is 13.5. The number of hydrogen-bond acceptors (Lipinski definition) is 4. The normalized spacial score (nSPS) is 22.9. The Kier molecular flexibility index (Phi) is 4.31. The number of anilines is 1. The van der Waals surface area contributed by atoms with Gasteiger partial charge in [0.1, 0.15) is 5.82 Å². The van der Waals surface area contributed by atoms with Crippen LogP contribution in [-0.4, -0.2) is 47.7 Å². The molecule has 6 heteroatoms. The summed E-state index contributed by atoms with van der Waals surface area (Å²) in [6.45, 7) is 2.25. The standard InChI is InChI=1S/C12H17FN2O2S/c1-15-4-5-17-10(7-15)8-18(16)12-6-9(13)2-3-11(12)14/h2-3,6,10H,4-5,7-8,14H2,1H3. The Morgan fingerprint density at radius 2 is 2.39 bits per heavy atom. The molecule has 1 aromatic rings. The van der Waals surface area contributed by atoms with Crippen molar-refractivity contribution in [1.29, 1.82) is 0 Å². The lowest BCUT2D eigenvalue weighted by Crippen LogP contribution is -2.42. The highest BCUT2D eigenvalue weighted by atomic mass is 32.2. The Labute approximate surface area is 108 Å². The second kappa shape index (κ2) is 5.77. The van der Waals surface area contributed by atoms with Crippen LogP contribution in [-0.2, 0) is 15.5 Å². The number of ether oxygens (including phenoxy) is 1. The van der Waals surface area contributed by atoms with Gasteiger partial charge in [0.15, 0.2) is 0 Å². The number of hydrogen-bond donors (Lipinski definition) is 1. The molecule has 4 nitrogen and oxygen atoms in total. The average Bonchev–Trinajstić information content (AvgIpc) is 2.32. The molecule has 18 heavy (non-hydrogen) atoms. The van der Waals surface area contributed by atoms with Gasteiger partial charge in [0.05, 0.1) is 34.2 Å². The summed E-state index contributed by atoms with van der Waals surface area (Å²) in [6.07, 6.45) is -0.0905. The van der Waals surface area contributed by atoms with Gasteiger partial charge in [0, 0.05) is 18.8 Å². The van der Waals surface area contributed by atoms with Gasteiger partial charge in [-0.3, -0.25) is 4.21 Å². The minimum absolute atomic E-state index is 0.0905. The zero-order valence-electron chi connectivity index (χ0n) is 10.3. The van der Waals surface area contributed by atoms with E-state index < -0.39 is 16.6 Å². The van der Waals surface area contributed by atoms with Crippen LogP contribution in [0.4, 0.5) is 10.1 Å². The molecule has 1 aromatic carbocycles. The van der Waals surface area contributed by atoms with Gasteiger partial charge >= 0.3 is 0 Å². The lowest BCUT2D eigenvalue weighted by molar-refractivity contribution is -0.00640. The molecule has 2 unspecified atom stereocenters. The van der Waals surface area contributed by atoms with Crippen LogP contribution in [0.25, 0.3) is 0 Å². The van der Waals surface area contributed by atoms with Crippen molar-refractivity contribution in [2.75, 3.05) is 38.2 Å². The van der Waals surface area contributed by atoms with Gasteiger partial charge in [-0.2, -0.15) is 0 Å². The molecule has 0 bridgehead atoms. The Morgan fingerprint density at radius 3 is 3.11 bits per heavy atom. The van der Waals surface area contributed by atoms with E-state index in [4.69, 9.17) is 10.5 Å². The quantitative estimate of drug-likeness (QED) is 0.829. The fourth-order valence-electron chi connectivity index (χ4n) is 1.93. The maximum Gasteiger partial charge on any atom is 0.124 e. The fraction of sp³-hybridized carbons (Fsp3) is 0.500. The maximum atomic E-state index is 13.1. The molecule has 1 heterocycles. The number of nitrogens with two attached hydrogens (primary N) is 1. The summed E-state index contributed by atoms with van der Waals surface area (Å²) < 4.78 is 30.8. The van der Waals surface area contributed by atoms with Gasteiger partial charge in [-0.25, -0.2) is 4.39 Å². The van der Waals surface area contributed by atoms with Crippen LogP contribution in [0.3, 0.4) is 0 Å². The van der Waals surface area contributed by atoms with Crippen molar-refractivity contribution in [3.63, 3.8) is 0 Å². The summed E-state index contributed by atoms with van der Waals surface area (Å²) in [5, 5.41) is 0. The molecular formula is C12H17FN2O2S. The molecule has 2 rings (SSSR count). The predicted octanol–water partition coefficient (Wildman–Crippen LogP) is 0.846. The molecular weight excluding hydrogens is 255 g/mol. The van der Waals surface area contributed by atoms with Crippen LogP contribution < -0.4 is 5.73 Å². The first-order valence-corrected chi connectivity index (χ1v) is 7.11. The Morgan fingerprint density at radius 1 is 1.61 bits per heavy atom. The highest BCUT2D eigenvalue weighted by Gasteiger charge is 2.21. The predicted molar refractivity (Wildman–Crippen MR) is 69.3 cm³/mol. The lowest BCUT2D eigenvalue weighted by atomic mass is 10.3. The van der Waals surface area contributed by atoms with E-state index in [1.807, 2.05) is 7.05 Å². The first-order chi connectivity index (χ1) is 8.56. The number of morpholine rings is 1. The van der Waals surface area contributed by atoms with E-state index in [1.54, 1.807) is 0 Å². The molecule has 2 atom stereocenters. The van der Waals surface area contributed by atoms with Crippen molar-refractivity contribution in [2.45, 2.75) is 11.0 Å². The SMILES string of the molecule is CN1CCOC(CS(=O)c2cc(F)ccc2N)C1. The molecule has 2 N–H and O–H groups in total. The molecule has 0 spiro atoms. The number of nitrogen functional groups attached to an aromatic ring is 1. The van der Waals surface area contributed by atoms with Crippen molar-refractivity contribution in [1.82, 2.24) is 4.90 Å². The smallest absolute Gasteiger partial charge is 0.124 e. The third kappa shape index (κ3) is 3.28. The molecule has 0 saturated carbocycles. The zero-order chi connectivity index (χ0) is 13.1. The summed E-state index contributed by atoms with van der Waals surface area (Å²) in [6, 6.07) is 3.94. The summed E-state index contributed by atoms with van der Waals surface area (Å²) in [7, 11) is 0.661. The average molecular weight is 272 g/mol. The van der Waals surface area contributed by atoms with E-state index in [0.29, 0.717) is 22.9 Å². The molecule has 0 aliphatic carbocycles. The van der Waals surface area contributed by atoms with Crippen LogP contribution in [0, 0.1) is 5.82 Å². The van der Waals surface area contributed by atoms with Crippen molar-refractivity contribution in [2.24, 2.45) is 0 Å². The highest BCUT2D eigenvalue weighted by Crippen LogP contribution is 2.19. The van der Waals surface area contributed by atoms with Gasteiger partial charge in [0.25, 0.3) is 0 Å². The summed E-state index contributed by atoms with van der Waals surface area (Å²) >= 11 is 0. The largest absolute Gasteiger partial charge is 0.398 e. The summed E-state index contributed by atoms with van der Waals surface area (Å²) in [5.41, 5.74) is 6.07. The van der Waals surface area contributed by atoms with Crippen molar-refractivity contribution in [3.05, 3.63) is 24.0 Å². The number of rotatable bonds is 3. The monoisotopic (exact) mass is 272 g/mol. The molecule has 1 aliphatic heterocycles. The number of benzene rings is 1. The van der Waals surface area contributed by atoms with E-state index in [-0.39, 0.29) is 6.10 Å². The van der Waals surface area contributed by atoms with Crippen LogP contribution in [0.5, 0.6) is 0 Å². The van der Waals surface area contributed by atoms with Gasteiger partial charge in [-0.15, -0.1) is 0 Å². The second-order valence-corrected chi connectivity index (χ2v) is 5.91. The topological polar surface area (TPSA) is 55.6 Å². The number of halogens is 1. The summed E-state index contributed by atoms with van der Waals surface area (Å²) in [4.78, 5) is 2.48. The van der Waals surface area contributed by atoms with Gasteiger partial charge < -0.3 is 15.4 Å². The van der Waals surface area contributed by atoms with E-state index in [0.717, 1.165) is 13.1 Å². The molecule has 100 valence electrons. The minimum Gasteiger partial charge on any atom is -0.398 e. The summed E-state index contributed by atoms with van der Waals surface area (Å²) in [5.74, 6) is -0.0768.